The summed E-state index contributed by atoms with van der Waals surface area (Å²) in [6.45, 7) is 0.0465. The molecule has 1 aliphatic heterocycles. The first kappa shape index (κ1) is 9.88. The minimum Gasteiger partial charge on any atom is -0.395 e. The van der Waals surface area contributed by atoms with E-state index < -0.39 is 24.4 Å². The summed E-state index contributed by atoms with van der Waals surface area (Å²) in [4.78, 5) is 1.63. The van der Waals surface area contributed by atoms with Crippen molar-refractivity contribution in [2.75, 3.05) is 20.2 Å². The Kier molecular flexibility index (Phi) is 3.03. The van der Waals surface area contributed by atoms with Gasteiger partial charge in [0, 0.05) is 6.54 Å². The van der Waals surface area contributed by atoms with Gasteiger partial charge >= 0.3 is 0 Å². The minimum atomic E-state index is -1.15. The van der Waals surface area contributed by atoms with Crippen LogP contribution in [0.3, 0.4) is 0 Å². The van der Waals surface area contributed by atoms with E-state index in [0.717, 1.165) is 0 Å². The van der Waals surface area contributed by atoms with Gasteiger partial charge in [0.2, 0.25) is 0 Å². The second-order valence-corrected chi connectivity index (χ2v) is 3.24. The van der Waals surface area contributed by atoms with Gasteiger partial charge in [-0.1, -0.05) is 0 Å². The number of β-amino-alcohol motifs (C(OH)–C–C–N with tert-alkyl or cyclic N) is 1. The van der Waals surface area contributed by atoms with Crippen molar-refractivity contribution in [3.05, 3.63) is 0 Å². The molecule has 12 heavy (non-hydrogen) atoms. The van der Waals surface area contributed by atoms with E-state index in [1.165, 1.54) is 0 Å². The van der Waals surface area contributed by atoms with Gasteiger partial charge in [0.05, 0.1) is 18.8 Å². The SMILES string of the molecule is CN1CC(O)C(O)C(O)C1CO. The number of hydrogen-bond donors (Lipinski definition) is 4. The summed E-state index contributed by atoms with van der Waals surface area (Å²) in [6, 6.07) is -0.483. The van der Waals surface area contributed by atoms with E-state index in [1.54, 1.807) is 11.9 Å². The van der Waals surface area contributed by atoms with Crippen molar-refractivity contribution in [3.8, 4) is 0 Å². The molecule has 1 rings (SSSR count). The number of piperidine rings is 1. The Morgan fingerprint density at radius 1 is 1.25 bits per heavy atom. The van der Waals surface area contributed by atoms with Crippen LogP contribution >= 0.6 is 0 Å². The van der Waals surface area contributed by atoms with Gasteiger partial charge in [-0.2, -0.15) is 0 Å². The molecular weight excluding hydrogens is 162 g/mol. The molecule has 5 nitrogen and oxygen atoms in total. The van der Waals surface area contributed by atoms with Crippen molar-refractivity contribution in [2.24, 2.45) is 0 Å². The zero-order chi connectivity index (χ0) is 9.30. The summed E-state index contributed by atoms with van der Waals surface area (Å²) in [5, 5.41) is 36.6. The van der Waals surface area contributed by atoms with Crippen LogP contribution in [0.2, 0.25) is 0 Å². The highest BCUT2D eigenvalue weighted by atomic mass is 16.4. The van der Waals surface area contributed by atoms with Crippen LogP contribution in [-0.2, 0) is 0 Å². The number of nitrogens with zero attached hydrogens (tertiary/aromatic N) is 1. The van der Waals surface area contributed by atoms with Gasteiger partial charge in [0.25, 0.3) is 0 Å². The Morgan fingerprint density at radius 3 is 2.33 bits per heavy atom. The molecule has 1 saturated heterocycles. The van der Waals surface area contributed by atoms with E-state index in [9.17, 15) is 15.3 Å². The van der Waals surface area contributed by atoms with Gasteiger partial charge in [-0.3, -0.25) is 4.90 Å². The van der Waals surface area contributed by atoms with E-state index in [-0.39, 0.29) is 13.2 Å². The van der Waals surface area contributed by atoms with Crippen molar-refractivity contribution < 1.29 is 20.4 Å². The molecule has 4 atom stereocenters. The fourth-order valence-electron chi connectivity index (χ4n) is 1.50. The van der Waals surface area contributed by atoms with Crippen molar-refractivity contribution in [3.63, 3.8) is 0 Å². The van der Waals surface area contributed by atoms with Crippen LogP contribution in [0.4, 0.5) is 0 Å². The highest BCUT2D eigenvalue weighted by Crippen LogP contribution is 2.16. The van der Waals surface area contributed by atoms with E-state index >= 15 is 0 Å². The summed E-state index contributed by atoms with van der Waals surface area (Å²) >= 11 is 0. The van der Waals surface area contributed by atoms with Crippen LogP contribution < -0.4 is 0 Å². The predicted molar refractivity (Wildman–Crippen MR) is 41.5 cm³/mol. The smallest absolute Gasteiger partial charge is 0.109 e. The fraction of sp³-hybridized carbons (Fsp3) is 1.00. The van der Waals surface area contributed by atoms with Gasteiger partial charge in [-0.05, 0) is 7.05 Å². The maximum Gasteiger partial charge on any atom is 0.109 e. The van der Waals surface area contributed by atoms with Crippen LogP contribution in [0.15, 0.2) is 0 Å². The molecule has 0 aromatic rings. The lowest BCUT2D eigenvalue weighted by atomic mass is 9.95. The van der Waals surface area contributed by atoms with Gasteiger partial charge in [0.1, 0.15) is 12.2 Å². The van der Waals surface area contributed by atoms with Gasteiger partial charge < -0.3 is 20.4 Å². The Balaban J connectivity index is 2.65. The molecule has 0 amide bonds. The third kappa shape index (κ3) is 1.60. The lowest BCUT2D eigenvalue weighted by Gasteiger charge is -2.40. The average molecular weight is 177 g/mol. The zero-order valence-corrected chi connectivity index (χ0v) is 6.96. The highest BCUT2D eigenvalue weighted by molar-refractivity contribution is 4.92. The van der Waals surface area contributed by atoms with Crippen LogP contribution in [0.25, 0.3) is 0 Å². The normalized spacial score (nSPS) is 44.8. The quantitative estimate of drug-likeness (QED) is 0.352. The standard InChI is InChI=1S/C7H15NO4/c1-8-2-5(10)7(12)6(11)4(8)3-9/h4-7,9-12H,2-3H2,1H3. The Labute approximate surface area is 70.9 Å². The number of aliphatic hydroxyl groups is 4. The van der Waals surface area contributed by atoms with Crippen LogP contribution in [-0.4, -0.2) is 69.9 Å². The molecule has 1 heterocycles. The predicted octanol–water partition coefficient (Wildman–Crippen LogP) is -2.62. The van der Waals surface area contributed by atoms with Crippen molar-refractivity contribution in [2.45, 2.75) is 24.4 Å². The lowest BCUT2D eigenvalue weighted by molar-refractivity contribution is -0.138. The molecule has 0 aliphatic carbocycles. The molecule has 4 N–H and O–H groups in total. The molecule has 4 unspecified atom stereocenters. The zero-order valence-electron chi connectivity index (χ0n) is 6.96. The second kappa shape index (κ2) is 3.68. The molecule has 0 aromatic heterocycles. The molecule has 1 fully saturated rings. The molecule has 0 aromatic carbocycles. The number of aliphatic hydroxyl groups excluding tert-OH is 4. The summed E-state index contributed by atoms with van der Waals surface area (Å²) in [5.41, 5.74) is 0. The number of likely N-dealkylation sites (N-methyl/N-ethyl adjacent to an activating group) is 1. The Hall–Kier alpha value is -0.200. The Morgan fingerprint density at radius 2 is 1.83 bits per heavy atom. The Bertz CT molecular complexity index is 154. The van der Waals surface area contributed by atoms with E-state index in [1.807, 2.05) is 0 Å². The molecule has 5 heteroatoms. The van der Waals surface area contributed by atoms with E-state index in [2.05, 4.69) is 0 Å². The summed E-state index contributed by atoms with van der Waals surface area (Å²) in [7, 11) is 1.68. The topological polar surface area (TPSA) is 84.2 Å². The molecule has 72 valence electrons. The maximum atomic E-state index is 9.37. The number of likely N-dealkylation sites (tertiary alicyclic amines) is 1. The van der Waals surface area contributed by atoms with Gasteiger partial charge in [-0.15, -0.1) is 0 Å². The van der Waals surface area contributed by atoms with Crippen molar-refractivity contribution >= 4 is 0 Å². The van der Waals surface area contributed by atoms with Crippen molar-refractivity contribution in [1.82, 2.24) is 4.90 Å². The summed E-state index contributed by atoms with van der Waals surface area (Å²) in [6.07, 6.45) is -3.17. The molecule has 1 aliphatic rings. The second-order valence-electron chi connectivity index (χ2n) is 3.24. The molecule has 0 bridgehead atoms. The summed E-state index contributed by atoms with van der Waals surface area (Å²) in [5.74, 6) is 0. The third-order valence-corrected chi connectivity index (χ3v) is 2.37. The monoisotopic (exact) mass is 177 g/mol. The number of rotatable bonds is 1. The van der Waals surface area contributed by atoms with Gasteiger partial charge in [0.15, 0.2) is 0 Å². The average Bonchev–Trinajstić information content (AvgIpc) is 2.01. The highest BCUT2D eigenvalue weighted by Gasteiger charge is 2.39. The molecular formula is C7H15NO4. The van der Waals surface area contributed by atoms with Crippen molar-refractivity contribution in [1.29, 1.82) is 0 Å². The summed E-state index contributed by atoms with van der Waals surface area (Å²) < 4.78 is 0. The van der Waals surface area contributed by atoms with E-state index in [4.69, 9.17) is 5.11 Å². The molecule has 0 radical (unpaired) electrons. The largest absolute Gasteiger partial charge is 0.395 e. The lowest BCUT2D eigenvalue weighted by Crippen LogP contribution is -2.61. The van der Waals surface area contributed by atoms with E-state index in [0.29, 0.717) is 0 Å². The van der Waals surface area contributed by atoms with Crippen LogP contribution in [0.1, 0.15) is 0 Å². The first-order chi connectivity index (χ1) is 5.57. The van der Waals surface area contributed by atoms with Gasteiger partial charge in [-0.25, -0.2) is 0 Å². The first-order valence-electron chi connectivity index (χ1n) is 3.93. The maximum absolute atomic E-state index is 9.37. The molecule has 0 saturated carbocycles. The fourth-order valence-corrected chi connectivity index (χ4v) is 1.50. The number of hydrogen-bond acceptors (Lipinski definition) is 5. The molecule has 0 spiro atoms. The van der Waals surface area contributed by atoms with Crippen LogP contribution in [0.5, 0.6) is 0 Å². The minimum absolute atomic E-state index is 0.221. The van der Waals surface area contributed by atoms with Crippen LogP contribution in [0, 0.1) is 0 Å². The third-order valence-electron chi connectivity index (χ3n) is 2.37. The first-order valence-corrected chi connectivity index (χ1v) is 3.93.